The van der Waals surface area contributed by atoms with Crippen molar-refractivity contribution in [3.05, 3.63) is 63.7 Å². The number of aliphatic hydroxyl groups is 1. The molecule has 0 bridgehead atoms. The SMILES string of the molecule is O=S(=O)(N[C@H](CO)c1ccccc1)c1ccc(I)cc1. The van der Waals surface area contributed by atoms with Crippen LogP contribution in [-0.2, 0) is 10.0 Å². The average Bonchev–Trinajstić information content (AvgIpc) is 2.46. The second-order valence-electron chi connectivity index (χ2n) is 4.22. The highest BCUT2D eigenvalue weighted by Crippen LogP contribution is 2.17. The highest BCUT2D eigenvalue weighted by molar-refractivity contribution is 14.1. The first-order valence-corrected chi connectivity index (χ1v) is 8.53. The van der Waals surface area contributed by atoms with Crippen LogP contribution in [0.4, 0.5) is 0 Å². The van der Waals surface area contributed by atoms with Crippen molar-refractivity contribution in [3.8, 4) is 0 Å². The average molecular weight is 403 g/mol. The molecular weight excluding hydrogens is 389 g/mol. The molecule has 2 aromatic carbocycles. The molecule has 106 valence electrons. The van der Waals surface area contributed by atoms with Crippen molar-refractivity contribution in [2.45, 2.75) is 10.9 Å². The molecule has 0 radical (unpaired) electrons. The predicted octanol–water partition coefficient (Wildman–Crippen LogP) is 2.30. The van der Waals surface area contributed by atoms with Gasteiger partial charge in [0.25, 0.3) is 0 Å². The zero-order valence-corrected chi connectivity index (χ0v) is 13.5. The van der Waals surface area contributed by atoms with Gasteiger partial charge in [0.05, 0.1) is 17.5 Å². The summed E-state index contributed by atoms with van der Waals surface area (Å²) in [5, 5.41) is 9.41. The number of halogens is 1. The van der Waals surface area contributed by atoms with E-state index in [1.807, 2.05) is 6.07 Å². The Balaban J connectivity index is 2.24. The summed E-state index contributed by atoms with van der Waals surface area (Å²) in [7, 11) is -3.65. The highest BCUT2D eigenvalue weighted by Gasteiger charge is 2.20. The van der Waals surface area contributed by atoms with E-state index in [0.29, 0.717) is 0 Å². The van der Waals surface area contributed by atoms with Gasteiger partial charge in [-0.15, -0.1) is 0 Å². The Kier molecular flexibility index (Phi) is 5.14. The molecule has 1 atom stereocenters. The maximum atomic E-state index is 12.3. The molecule has 4 nitrogen and oxygen atoms in total. The first kappa shape index (κ1) is 15.4. The van der Waals surface area contributed by atoms with Crippen LogP contribution >= 0.6 is 22.6 Å². The zero-order valence-electron chi connectivity index (χ0n) is 10.5. The fourth-order valence-corrected chi connectivity index (χ4v) is 3.34. The summed E-state index contributed by atoms with van der Waals surface area (Å²) >= 11 is 2.11. The van der Waals surface area contributed by atoms with Crippen molar-refractivity contribution < 1.29 is 13.5 Å². The van der Waals surface area contributed by atoms with Gasteiger partial charge in [-0.3, -0.25) is 0 Å². The third-order valence-corrected chi connectivity index (χ3v) is 5.01. The van der Waals surface area contributed by atoms with Crippen LogP contribution in [-0.4, -0.2) is 20.1 Å². The first-order chi connectivity index (χ1) is 9.53. The summed E-state index contributed by atoms with van der Waals surface area (Å²) < 4.78 is 28.0. The van der Waals surface area contributed by atoms with Gasteiger partial charge in [0.15, 0.2) is 0 Å². The minimum Gasteiger partial charge on any atom is -0.394 e. The van der Waals surface area contributed by atoms with E-state index in [1.165, 1.54) is 0 Å². The topological polar surface area (TPSA) is 66.4 Å². The predicted molar refractivity (Wildman–Crippen MR) is 85.7 cm³/mol. The van der Waals surface area contributed by atoms with Crippen LogP contribution in [0, 0.1) is 3.57 Å². The number of hydrogen-bond donors (Lipinski definition) is 2. The van der Waals surface area contributed by atoms with E-state index in [4.69, 9.17) is 0 Å². The van der Waals surface area contributed by atoms with Crippen LogP contribution in [0.25, 0.3) is 0 Å². The van der Waals surface area contributed by atoms with E-state index in [-0.39, 0.29) is 11.5 Å². The van der Waals surface area contributed by atoms with E-state index >= 15 is 0 Å². The molecule has 0 aliphatic heterocycles. The minimum atomic E-state index is -3.65. The van der Waals surface area contributed by atoms with Crippen LogP contribution in [0.3, 0.4) is 0 Å². The van der Waals surface area contributed by atoms with Gasteiger partial charge in [-0.05, 0) is 52.4 Å². The normalized spacial score (nSPS) is 13.1. The highest BCUT2D eigenvalue weighted by atomic mass is 127. The van der Waals surface area contributed by atoms with Gasteiger partial charge >= 0.3 is 0 Å². The van der Waals surface area contributed by atoms with Gasteiger partial charge in [0, 0.05) is 3.57 Å². The molecule has 0 heterocycles. The van der Waals surface area contributed by atoms with Crippen molar-refractivity contribution in [1.82, 2.24) is 4.72 Å². The van der Waals surface area contributed by atoms with Crippen LogP contribution in [0.15, 0.2) is 59.5 Å². The van der Waals surface area contributed by atoms with Crippen molar-refractivity contribution in [3.63, 3.8) is 0 Å². The second-order valence-corrected chi connectivity index (χ2v) is 7.18. The van der Waals surface area contributed by atoms with Gasteiger partial charge in [0.2, 0.25) is 10.0 Å². The van der Waals surface area contributed by atoms with Crippen LogP contribution in [0.2, 0.25) is 0 Å². The van der Waals surface area contributed by atoms with Crippen molar-refractivity contribution >= 4 is 32.6 Å². The zero-order chi connectivity index (χ0) is 14.6. The lowest BCUT2D eigenvalue weighted by Gasteiger charge is -2.16. The molecule has 0 unspecified atom stereocenters. The third-order valence-electron chi connectivity index (χ3n) is 2.81. The molecule has 6 heteroatoms. The summed E-state index contributed by atoms with van der Waals surface area (Å²) in [6.45, 7) is -0.298. The first-order valence-electron chi connectivity index (χ1n) is 5.96. The molecule has 0 fully saturated rings. The number of hydrogen-bond acceptors (Lipinski definition) is 3. The molecule has 0 spiro atoms. The van der Waals surface area contributed by atoms with Crippen molar-refractivity contribution in [2.75, 3.05) is 6.61 Å². The Bertz CT molecular complexity index is 657. The number of aliphatic hydroxyl groups excluding tert-OH is 1. The molecule has 0 aromatic heterocycles. The van der Waals surface area contributed by atoms with E-state index in [9.17, 15) is 13.5 Å². The third kappa shape index (κ3) is 3.78. The lowest BCUT2D eigenvalue weighted by atomic mass is 10.1. The summed E-state index contributed by atoms with van der Waals surface area (Å²) in [6.07, 6.45) is 0. The molecule has 2 aromatic rings. The number of benzene rings is 2. The lowest BCUT2D eigenvalue weighted by Crippen LogP contribution is -2.30. The second kappa shape index (κ2) is 6.66. The largest absolute Gasteiger partial charge is 0.394 e. The smallest absolute Gasteiger partial charge is 0.241 e. The Morgan fingerprint density at radius 1 is 1.05 bits per heavy atom. The van der Waals surface area contributed by atoms with Crippen molar-refractivity contribution in [2.24, 2.45) is 0 Å². The Hall–Kier alpha value is -0.960. The molecular formula is C14H14INO3S. The van der Waals surface area contributed by atoms with Crippen LogP contribution in [0.5, 0.6) is 0 Å². The lowest BCUT2D eigenvalue weighted by molar-refractivity contribution is 0.259. The molecule has 0 aliphatic rings. The monoisotopic (exact) mass is 403 g/mol. The molecule has 0 aliphatic carbocycles. The number of nitrogens with one attached hydrogen (secondary N) is 1. The number of rotatable bonds is 5. The molecule has 0 saturated heterocycles. The van der Waals surface area contributed by atoms with E-state index in [1.54, 1.807) is 48.5 Å². The van der Waals surface area contributed by atoms with Gasteiger partial charge in [-0.1, -0.05) is 30.3 Å². The molecule has 2 N–H and O–H groups in total. The number of sulfonamides is 1. The summed E-state index contributed by atoms with van der Waals surface area (Å²) in [4.78, 5) is 0.187. The van der Waals surface area contributed by atoms with Gasteiger partial charge in [0.1, 0.15) is 0 Å². The van der Waals surface area contributed by atoms with Crippen molar-refractivity contribution in [1.29, 1.82) is 0 Å². The quantitative estimate of drug-likeness (QED) is 0.754. The van der Waals surface area contributed by atoms with Gasteiger partial charge < -0.3 is 5.11 Å². The fraction of sp³-hybridized carbons (Fsp3) is 0.143. The molecule has 20 heavy (non-hydrogen) atoms. The summed E-state index contributed by atoms with van der Waals surface area (Å²) in [6, 6.07) is 14.9. The standard InChI is InChI=1S/C14H14INO3S/c15-12-6-8-13(9-7-12)20(18,19)16-14(10-17)11-4-2-1-3-5-11/h1-9,14,16-17H,10H2/t14-/m1/s1. The maximum Gasteiger partial charge on any atom is 0.241 e. The van der Waals surface area contributed by atoms with Gasteiger partial charge in [-0.2, -0.15) is 0 Å². The Morgan fingerprint density at radius 3 is 2.20 bits per heavy atom. The van der Waals surface area contributed by atoms with E-state index < -0.39 is 16.1 Å². The van der Waals surface area contributed by atoms with E-state index in [2.05, 4.69) is 27.3 Å². The Labute approximate surface area is 132 Å². The Morgan fingerprint density at radius 2 is 1.65 bits per heavy atom. The maximum absolute atomic E-state index is 12.3. The summed E-state index contributed by atoms with van der Waals surface area (Å²) in [5.74, 6) is 0. The van der Waals surface area contributed by atoms with Crippen LogP contribution < -0.4 is 4.72 Å². The van der Waals surface area contributed by atoms with Gasteiger partial charge in [-0.25, -0.2) is 13.1 Å². The van der Waals surface area contributed by atoms with Crippen LogP contribution in [0.1, 0.15) is 11.6 Å². The molecule has 0 saturated carbocycles. The minimum absolute atomic E-state index is 0.187. The molecule has 0 amide bonds. The van der Waals surface area contributed by atoms with E-state index in [0.717, 1.165) is 9.13 Å². The molecule has 2 rings (SSSR count). The fourth-order valence-electron chi connectivity index (χ4n) is 1.77. The summed E-state index contributed by atoms with van der Waals surface area (Å²) in [5.41, 5.74) is 0.726.